The van der Waals surface area contributed by atoms with Gasteiger partial charge in [0.2, 0.25) is 0 Å². The molecule has 0 aliphatic carbocycles. The molecule has 0 saturated carbocycles. The van der Waals surface area contributed by atoms with Crippen molar-refractivity contribution < 1.29 is 19.0 Å². The summed E-state index contributed by atoms with van der Waals surface area (Å²) in [6.45, 7) is 0. The first-order valence-electron chi connectivity index (χ1n) is 4.12. The second-order valence-electron chi connectivity index (χ2n) is 2.94. The van der Waals surface area contributed by atoms with E-state index in [4.69, 9.17) is 9.84 Å². The molecular weight excluding hydrogens is 219 g/mol. The predicted octanol–water partition coefficient (Wildman–Crippen LogP) is 2.75. The molecule has 0 aliphatic heterocycles. The van der Waals surface area contributed by atoms with Gasteiger partial charge in [0, 0.05) is 4.70 Å². The Morgan fingerprint density at radius 2 is 2.20 bits per heavy atom. The first kappa shape index (κ1) is 9.92. The van der Waals surface area contributed by atoms with E-state index in [-0.39, 0.29) is 10.6 Å². The molecule has 0 spiro atoms. The largest absolute Gasteiger partial charge is 0.494 e. The highest BCUT2D eigenvalue weighted by molar-refractivity contribution is 7.20. The Bertz CT molecular complexity index is 533. The number of carboxylic acids is 1. The van der Waals surface area contributed by atoms with Crippen LogP contribution in [-0.2, 0) is 0 Å². The average molecular weight is 226 g/mol. The zero-order valence-corrected chi connectivity index (χ0v) is 8.60. The lowest BCUT2D eigenvalue weighted by atomic mass is 10.2. The fraction of sp³-hybridized carbons (Fsp3) is 0.100. The average Bonchev–Trinajstić information content (AvgIpc) is 2.59. The highest BCUT2D eigenvalue weighted by Crippen LogP contribution is 2.31. The SMILES string of the molecule is COc1cc2cc(C(=O)O)sc2cc1F. The van der Waals surface area contributed by atoms with E-state index >= 15 is 0 Å². The Balaban J connectivity index is 2.66. The molecule has 3 nitrogen and oxygen atoms in total. The number of carbonyl (C=O) groups is 1. The van der Waals surface area contributed by atoms with Crippen LogP contribution in [0.3, 0.4) is 0 Å². The maximum Gasteiger partial charge on any atom is 0.345 e. The number of aromatic carboxylic acids is 1. The van der Waals surface area contributed by atoms with Crippen molar-refractivity contribution in [3.8, 4) is 5.75 Å². The Hall–Kier alpha value is -1.62. The Morgan fingerprint density at radius 3 is 2.80 bits per heavy atom. The van der Waals surface area contributed by atoms with Crippen LogP contribution in [0.15, 0.2) is 18.2 Å². The molecule has 0 unspecified atom stereocenters. The van der Waals surface area contributed by atoms with Gasteiger partial charge in [0.25, 0.3) is 0 Å². The summed E-state index contributed by atoms with van der Waals surface area (Å²) in [5.74, 6) is -1.36. The van der Waals surface area contributed by atoms with E-state index in [1.165, 1.54) is 25.3 Å². The standard InChI is InChI=1S/C10H7FO3S/c1-14-7-2-5-3-9(10(12)13)15-8(5)4-6(7)11/h2-4H,1H3,(H,12,13). The predicted molar refractivity (Wildman–Crippen MR) is 55.3 cm³/mol. The van der Waals surface area contributed by atoms with Crippen LogP contribution < -0.4 is 4.74 Å². The molecule has 1 N–H and O–H groups in total. The normalized spacial score (nSPS) is 10.5. The van der Waals surface area contributed by atoms with E-state index in [9.17, 15) is 9.18 Å². The fourth-order valence-corrected chi connectivity index (χ4v) is 2.21. The summed E-state index contributed by atoms with van der Waals surface area (Å²) < 4.78 is 18.7. The lowest BCUT2D eigenvalue weighted by Crippen LogP contribution is -1.89. The summed E-state index contributed by atoms with van der Waals surface area (Å²) in [5, 5.41) is 9.44. The number of ether oxygens (including phenoxy) is 1. The van der Waals surface area contributed by atoms with Crippen molar-refractivity contribution in [1.29, 1.82) is 0 Å². The summed E-state index contributed by atoms with van der Waals surface area (Å²) in [5.41, 5.74) is 0. The van der Waals surface area contributed by atoms with Gasteiger partial charge in [-0.05, 0) is 23.6 Å². The van der Waals surface area contributed by atoms with Gasteiger partial charge in [0.1, 0.15) is 4.88 Å². The summed E-state index contributed by atoms with van der Waals surface area (Å²) >= 11 is 1.04. The van der Waals surface area contributed by atoms with Crippen molar-refractivity contribution >= 4 is 27.4 Å². The lowest BCUT2D eigenvalue weighted by molar-refractivity contribution is 0.0702. The number of hydrogen-bond donors (Lipinski definition) is 1. The van der Waals surface area contributed by atoms with Crippen LogP contribution in [-0.4, -0.2) is 18.2 Å². The van der Waals surface area contributed by atoms with Crippen LogP contribution in [0, 0.1) is 5.82 Å². The van der Waals surface area contributed by atoms with Gasteiger partial charge in [-0.3, -0.25) is 0 Å². The van der Waals surface area contributed by atoms with E-state index in [1.54, 1.807) is 0 Å². The molecule has 0 atom stereocenters. The van der Waals surface area contributed by atoms with Crippen molar-refractivity contribution in [2.24, 2.45) is 0 Å². The van der Waals surface area contributed by atoms with Gasteiger partial charge in [-0.2, -0.15) is 0 Å². The number of halogens is 1. The van der Waals surface area contributed by atoms with Crippen LogP contribution in [0.2, 0.25) is 0 Å². The molecule has 78 valence electrons. The van der Waals surface area contributed by atoms with Crippen molar-refractivity contribution in [2.45, 2.75) is 0 Å². The number of benzene rings is 1. The zero-order chi connectivity index (χ0) is 11.0. The van der Waals surface area contributed by atoms with Crippen molar-refractivity contribution in [2.75, 3.05) is 7.11 Å². The van der Waals surface area contributed by atoms with Crippen molar-refractivity contribution in [3.05, 3.63) is 28.9 Å². The topological polar surface area (TPSA) is 46.5 Å². The molecule has 0 aliphatic rings. The number of rotatable bonds is 2. The number of thiophene rings is 1. The number of fused-ring (bicyclic) bond motifs is 1. The molecule has 0 amide bonds. The zero-order valence-electron chi connectivity index (χ0n) is 7.78. The minimum absolute atomic E-state index is 0.122. The Kier molecular flexibility index (Phi) is 2.32. The van der Waals surface area contributed by atoms with Crippen LogP contribution in [0.4, 0.5) is 4.39 Å². The molecule has 0 radical (unpaired) electrons. The molecule has 1 aromatic heterocycles. The third-order valence-corrected chi connectivity index (χ3v) is 3.09. The maximum atomic E-state index is 13.3. The maximum absolute atomic E-state index is 13.3. The number of carboxylic acid groups (broad SMARTS) is 1. The van der Waals surface area contributed by atoms with Crippen LogP contribution in [0.1, 0.15) is 9.67 Å². The van der Waals surface area contributed by atoms with Gasteiger partial charge in [-0.25, -0.2) is 9.18 Å². The smallest absolute Gasteiger partial charge is 0.345 e. The number of hydrogen-bond acceptors (Lipinski definition) is 3. The van der Waals surface area contributed by atoms with Crippen molar-refractivity contribution in [3.63, 3.8) is 0 Å². The first-order valence-corrected chi connectivity index (χ1v) is 4.94. The molecule has 0 saturated heterocycles. The quantitative estimate of drug-likeness (QED) is 0.856. The molecule has 5 heteroatoms. The molecule has 1 heterocycles. The summed E-state index contributed by atoms with van der Waals surface area (Å²) in [6, 6.07) is 4.28. The van der Waals surface area contributed by atoms with Crippen LogP contribution in [0.25, 0.3) is 10.1 Å². The number of methoxy groups -OCH3 is 1. The van der Waals surface area contributed by atoms with E-state index in [0.717, 1.165) is 11.3 Å². The van der Waals surface area contributed by atoms with E-state index in [0.29, 0.717) is 10.1 Å². The lowest BCUT2D eigenvalue weighted by Gasteiger charge is -2.00. The summed E-state index contributed by atoms with van der Waals surface area (Å²) in [7, 11) is 1.37. The molecule has 2 aromatic rings. The van der Waals surface area contributed by atoms with Crippen molar-refractivity contribution in [1.82, 2.24) is 0 Å². The molecule has 0 bridgehead atoms. The van der Waals surface area contributed by atoms with Crippen LogP contribution >= 0.6 is 11.3 Å². The third kappa shape index (κ3) is 1.66. The Labute approximate surface area is 88.7 Å². The summed E-state index contributed by atoms with van der Waals surface area (Å²) in [4.78, 5) is 10.9. The van der Waals surface area contributed by atoms with Crippen LogP contribution in [0.5, 0.6) is 5.75 Å². The highest BCUT2D eigenvalue weighted by atomic mass is 32.1. The highest BCUT2D eigenvalue weighted by Gasteiger charge is 2.11. The van der Waals surface area contributed by atoms with E-state index in [1.807, 2.05) is 0 Å². The fourth-order valence-electron chi connectivity index (χ4n) is 1.30. The first-order chi connectivity index (χ1) is 7.11. The van der Waals surface area contributed by atoms with Gasteiger partial charge < -0.3 is 9.84 Å². The molecule has 1 aromatic carbocycles. The van der Waals surface area contributed by atoms with Gasteiger partial charge in [0.05, 0.1) is 7.11 Å². The molecule has 0 fully saturated rings. The van der Waals surface area contributed by atoms with Gasteiger partial charge >= 0.3 is 5.97 Å². The van der Waals surface area contributed by atoms with E-state index < -0.39 is 11.8 Å². The molecule has 2 rings (SSSR count). The molecular formula is C10H7FO3S. The second-order valence-corrected chi connectivity index (χ2v) is 4.02. The Morgan fingerprint density at radius 1 is 1.47 bits per heavy atom. The minimum atomic E-state index is -1.00. The van der Waals surface area contributed by atoms with Gasteiger partial charge in [-0.1, -0.05) is 0 Å². The molecule has 15 heavy (non-hydrogen) atoms. The van der Waals surface area contributed by atoms with Gasteiger partial charge in [-0.15, -0.1) is 11.3 Å². The third-order valence-electron chi connectivity index (χ3n) is 2.00. The second kappa shape index (κ2) is 3.51. The van der Waals surface area contributed by atoms with Gasteiger partial charge in [0.15, 0.2) is 11.6 Å². The summed E-state index contributed by atoms with van der Waals surface area (Å²) in [6.07, 6.45) is 0. The monoisotopic (exact) mass is 226 g/mol. The minimum Gasteiger partial charge on any atom is -0.494 e. The van der Waals surface area contributed by atoms with E-state index in [2.05, 4.69) is 0 Å².